The van der Waals surface area contributed by atoms with Crippen molar-refractivity contribution in [3.8, 4) is 11.3 Å². The van der Waals surface area contributed by atoms with Crippen molar-refractivity contribution in [1.82, 2.24) is 35.1 Å². The fourth-order valence-electron chi connectivity index (χ4n) is 3.11. The topological polar surface area (TPSA) is 96.0 Å². The highest BCUT2D eigenvalue weighted by Gasteiger charge is 2.11. The average molecular weight is 419 g/mol. The van der Waals surface area contributed by atoms with Crippen LogP contribution in [0.25, 0.3) is 59.9 Å². The molecule has 0 unspecified atom stereocenters. The van der Waals surface area contributed by atoms with Crippen molar-refractivity contribution in [2.45, 2.75) is 0 Å². The maximum Gasteiger partial charge on any atom is 0.130 e. The van der Waals surface area contributed by atoms with E-state index in [0.717, 1.165) is 39.7 Å². The van der Waals surface area contributed by atoms with Gasteiger partial charge >= 0.3 is 0 Å². The van der Waals surface area contributed by atoms with E-state index in [9.17, 15) is 0 Å². The van der Waals surface area contributed by atoms with Gasteiger partial charge in [0.05, 0.1) is 40.4 Å². The van der Waals surface area contributed by atoms with Crippen molar-refractivity contribution < 1.29 is 0 Å². The van der Waals surface area contributed by atoms with E-state index in [0.29, 0.717) is 17.3 Å². The normalized spacial score (nSPS) is 11.4. The maximum absolute atomic E-state index is 4.51. The van der Waals surface area contributed by atoms with E-state index in [1.807, 2.05) is 36.4 Å². The molecule has 156 valence electrons. The minimum atomic E-state index is 0.683. The van der Waals surface area contributed by atoms with Gasteiger partial charge in [-0.1, -0.05) is 26.3 Å². The Labute approximate surface area is 185 Å². The Balaban J connectivity index is 1.62. The lowest BCUT2D eigenvalue weighted by Crippen LogP contribution is -1.78. The zero-order valence-electron chi connectivity index (χ0n) is 17.4. The van der Waals surface area contributed by atoms with Gasteiger partial charge in [0.1, 0.15) is 17.3 Å². The summed E-state index contributed by atoms with van der Waals surface area (Å²) in [4.78, 5) is 19.6. The van der Waals surface area contributed by atoms with Crippen molar-refractivity contribution in [1.29, 1.82) is 0 Å². The monoisotopic (exact) mass is 419 g/mol. The Morgan fingerprint density at radius 2 is 1.28 bits per heavy atom. The van der Waals surface area contributed by atoms with Gasteiger partial charge in [-0.2, -0.15) is 0 Å². The molecule has 0 saturated heterocycles. The molecule has 2 aromatic rings. The number of hydrogen-bond donors (Lipinski definition) is 2. The number of nitrogens with one attached hydrogen (secondary N) is 2. The van der Waals surface area contributed by atoms with Gasteiger partial charge in [-0.3, -0.25) is 4.98 Å². The average Bonchev–Trinajstić information content (AvgIpc) is 3.49. The van der Waals surface area contributed by atoms with Crippen LogP contribution >= 0.6 is 0 Å². The van der Waals surface area contributed by atoms with Gasteiger partial charge in [-0.05, 0) is 60.7 Å². The first-order chi connectivity index (χ1) is 15.6. The van der Waals surface area contributed by atoms with Gasteiger partial charge in [0.15, 0.2) is 0 Å². The van der Waals surface area contributed by atoms with Crippen molar-refractivity contribution in [3.63, 3.8) is 0 Å². The first kappa shape index (κ1) is 20.6. The van der Waals surface area contributed by atoms with Crippen LogP contribution in [0.4, 0.5) is 0 Å². The van der Waals surface area contributed by atoms with Crippen LogP contribution in [-0.2, 0) is 0 Å². The Hall–Kier alpha value is -4.65. The first-order valence-electron chi connectivity index (χ1n) is 9.83. The van der Waals surface area contributed by atoms with Crippen LogP contribution in [0.5, 0.6) is 0 Å². The number of imidazole rings is 2. The minimum absolute atomic E-state index is 0.683. The summed E-state index contributed by atoms with van der Waals surface area (Å²) in [5, 5.41) is 8.52. The van der Waals surface area contributed by atoms with Gasteiger partial charge in [0, 0.05) is 5.56 Å². The second-order valence-corrected chi connectivity index (χ2v) is 6.73. The predicted octanol–water partition coefficient (Wildman–Crippen LogP) is 5.34. The molecule has 0 amide bonds. The fraction of sp³-hybridized carbons (Fsp3) is 0. The molecule has 0 aliphatic carbocycles. The summed E-state index contributed by atoms with van der Waals surface area (Å²) in [7, 11) is 0. The number of fused-ring (bicyclic) bond motifs is 1. The van der Waals surface area contributed by atoms with E-state index in [-0.39, 0.29) is 0 Å². The Morgan fingerprint density at radius 1 is 0.656 bits per heavy atom. The first-order valence-corrected chi connectivity index (χ1v) is 9.83. The SMILES string of the molecule is C=Cc1nc(C=C)c(/C=C/c2ccc3c(/C=C/c4[nH]c(C=C)nc4C=C)nnc-3cn2)[nH]1. The number of aromatic nitrogens is 7. The number of aromatic amines is 2. The van der Waals surface area contributed by atoms with Crippen LogP contribution < -0.4 is 0 Å². The molecule has 0 saturated carbocycles. The van der Waals surface area contributed by atoms with Crippen LogP contribution in [0.2, 0.25) is 0 Å². The number of H-pyrrole nitrogens is 2. The van der Waals surface area contributed by atoms with Crippen molar-refractivity contribution in [3.05, 3.63) is 90.5 Å². The van der Waals surface area contributed by atoms with Crippen molar-refractivity contribution in [2.24, 2.45) is 0 Å². The van der Waals surface area contributed by atoms with E-state index >= 15 is 0 Å². The molecule has 0 spiro atoms. The standard InChI is InChI=1S/C25H21N7/c1-5-18-21(29-24(7-3)27-18)12-10-16-9-11-17-20(31-32-23(17)15-26-16)13-14-22-19(6-2)28-25(8-4)30-22/h5-15H,1-4H2,(H,27,29)(H,28,30)/b12-10+,14-13+. The Morgan fingerprint density at radius 3 is 1.88 bits per heavy atom. The molecule has 0 aromatic carbocycles. The Kier molecular flexibility index (Phi) is 5.81. The van der Waals surface area contributed by atoms with Gasteiger partial charge in [0.25, 0.3) is 0 Å². The highest BCUT2D eigenvalue weighted by atomic mass is 15.1. The smallest absolute Gasteiger partial charge is 0.130 e. The van der Waals surface area contributed by atoms with Crippen LogP contribution in [0.1, 0.15) is 45.8 Å². The molecule has 2 aliphatic rings. The van der Waals surface area contributed by atoms with Crippen LogP contribution in [0.15, 0.2) is 44.6 Å². The Bertz CT molecular complexity index is 1350. The molecule has 32 heavy (non-hydrogen) atoms. The van der Waals surface area contributed by atoms with E-state index in [1.54, 1.807) is 30.5 Å². The molecule has 4 rings (SSSR count). The minimum Gasteiger partial charge on any atom is -0.338 e. The molecule has 2 aliphatic heterocycles. The molecule has 0 radical (unpaired) electrons. The molecular formula is C25H21N7. The molecule has 2 aromatic heterocycles. The number of rotatable bonds is 8. The lowest BCUT2D eigenvalue weighted by molar-refractivity contribution is 1.08. The van der Waals surface area contributed by atoms with Crippen molar-refractivity contribution in [2.75, 3.05) is 0 Å². The lowest BCUT2D eigenvalue weighted by atomic mass is 10.1. The molecule has 2 N–H and O–H groups in total. The summed E-state index contributed by atoms with van der Waals surface area (Å²) >= 11 is 0. The maximum atomic E-state index is 4.51. The number of hydrogen-bond acceptors (Lipinski definition) is 5. The molecule has 0 bridgehead atoms. The summed E-state index contributed by atoms with van der Waals surface area (Å²) < 4.78 is 0. The lowest BCUT2D eigenvalue weighted by Gasteiger charge is -1.91. The quantitative estimate of drug-likeness (QED) is 0.402. The second kappa shape index (κ2) is 9.01. The zero-order valence-corrected chi connectivity index (χ0v) is 17.4. The molecule has 0 atom stereocenters. The van der Waals surface area contributed by atoms with Crippen molar-refractivity contribution >= 4 is 48.6 Å². The van der Waals surface area contributed by atoms with E-state index in [1.165, 1.54) is 0 Å². The summed E-state index contributed by atoms with van der Waals surface area (Å²) in [5.74, 6) is 1.37. The summed E-state index contributed by atoms with van der Waals surface area (Å²) in [6.07, 6.45) is 16.0. The molecular weight excluding hydrogens is 398 g/mol. The van der Waals surface area contributed by atoms with E-state index in [2.05, 4.69) is 61.4 Å². The zero-order chi connectivity index (χ0) is 22.5. The molecule has 0 fully saturated rings. The van der Waals surface area contributed by atoms with Gasteiger partial charge < -0.3 is 9.97 Å². The number of nitrogens with zero attached hydrogens (tertiary/aromatic N) is 5. The largest absolute Gasteiger partial charge is 0.338 e. The predicted molar refractivity (Wildman–Crippen MR) is 132 cm³/mol. The molecule has 4 heterocycles. The van der Waals surface area contributed by atoms with Gasteiger partial charge in [-0.25, -0.2) is 9.97 Å². The summed E-state index contributed by atoms with van der Waals surface area (Å²) in [6, 6.07) is 3.87. The van der Waals surface area contributed by atoms with Crippen LogP contribution in [-0.4, -0.2) is 35.1 Å². The summed E-state index contributed by atoms with van der Waals surface area (Å²) in [6.45, 7) is 15.1. The van der Waals surface area contributed by atoms with E-state index in [4.69, 9.17) is 0 Å². The third-order valence-corrected chi connectivity index (χ3v) is 4.74. The summed E-state index contributed by atoms with van der Waals surface area (Å²) in [5.41, 5.74) is 6.25. The van der Waals surface area contributed by atoms with E-state index < -0.39 is 0 Å². The third kappa shape index (κ3) is 4.13. The highest BCUT2D eigenvalue weighted by Crippen LogP contribution is 2.24. The van der Waals surface area contributed by atoms with Gasteiger partial charge in [-0.15, -0.1) is 10.2 Å². The second-order valence-electron chi connectivity index (χ2n) is 6.73. The molecule has 7 heteroatoms. The van der Waals surface area contributed by atoms with Crippen LogP contribution in [0.3, 0.4) is 0 Å². The van der Waals surface area contributed by atoms with Gasteiger partial charge in [0.2, 0.25) is 0 Å². The highest BCUT2D eigenvalue weighted by molar-refractivity contribution is 5.79. The third-order valence-electron chi connectivity index (χ3n) is 4.74. The fourth-order valence-corrected chi connectivity index (χ4v) is 3.11. The van der Waals surface area contributed by atoms with Crippen LogP contribution in [0, 0.1) is 0 Å². The molecule has 7 nitrogen and oxygen atoms in total.